The van der Waals surface area contributed by atoms with Gasteiger partial charge in [0.1, 0.15) is 5.82 Å². The van der Waals surface area contributed by atoms with Gasteiger partial charge in [-0.1, -0.05) is 24.3 Å². The van der Waals surface area contributed by atoms with Gasteiger partial charge in [-0.15, -0.1) is 0 Å². The van der Waals surface area contributed by atoms with Gasteiger partial charge in [-0.25, -0.2) is 14.8 Å². The summed E-state index contributed by atoms with van der Waals surface area (Å²) in [7, 11) is 0. The van der Waals surface area contributed by atoms with Crippen molar-refractivity contribution in [1.29, 1.82) is 0 Å². The lowest BCUT2D eigenvalue weighted by molar-refractivity contribution is 0.628. The summed E-state index contributed by atoms with van der Waals surface area (Å²) in [6, 6.07) is 13.9. The molecule has 5 heteroatoms. The summed E-state index contributed by atoms with van der Waals surface area (Å²) in [4.78, 5) is 7.48. The van der Waals surface area contributed by atoms with Crippen LogP contribution in [0.15, 0.2) is 53.6 Å². The number of benzene rings is 2. The number of anilines is 1. The number of para-hydroxylation sites is 2. The minimum absolute atomic E-state index is 0.258. The normalized spacial score (nSPS) is 11.8. The minimum atomic E-state index is -0.258. The maximum absolute atomic E-state index is 12.8. The van der Waals surface area contributed by atoms with E-state index in [0.29, 0.717) is 5.95 Å². The maximum Gasteiger partial charge on any atom is 0.222 e. The number of imidazole rings is 1. The molecule has 0 saturated carbocycles. The lowest BCUT2D eigenvalue weighted by atomic mass is 10.1. The average molecular weight is 268 g/mol. The van der Waals surface area contributed by atoms with Crippen molar-refractivity contribution < 1.29 is 4.39 Å². The predicted molar refractivity (Wildman–Crippen MR) is 78.3 cm³/mol. The zero-order chi connectivity index (χ0) is 13.9. The topological polar surface area (TPSA) is 53.1 Å². The zero-order valence-electron chi connectivity index (χ0n) is 10.9. The van der Waals surface area contributed by atoms with E-state index in [2.05, 4.69) is 20.5 Å². The van der Waals surface area contributed by atoms with E-state index in [1.54, 1.807) is 12.1 Å². The van der Waals surface area contributed by atoms with Gasteiger partial charge in [-0.3, -0.25) is 0 Å². The van der Waals surface area contributed by atoms with Gasteiger partial charge < -0.3 is 4.98 Å². The number of nitrogens with zero attached hydrogens (tertiary/aromatic N) is 2. The Bertz CT molecular complexity index is 726. The number of aromatic nitrogens is 2. The summed E-state index contributed by atoms with van der Waals surface area (Å²) >= 11 is 0. The number of rotatable bonds is 3. The number of H-pyrrole nitrogens is 1. The van der Waals surface area contributed by atoms with E-state index in [9.17, 15) is 4.39 Å². The highest BCUT2D eigenvalue weighted by atomic mass is 19.1. The third-order valence-electron chi connectivity index (χ3n) is 2.98. The Kier molecular flexibility index (Phi) is 3.16. The van der Waals surface area contributed by atoms with Crippen molar-refractivity contribution in [3.05, 3.63) is 59.9 Å². The fourth-order valence-corrected chi connectivity index (χ4v) is 1.90. The summed E-state index contributed by atoms with van der Waals surface area (Å²) in [5.74, 6) is 0.319. The Hall–Kier alpha value is -2.69. The molecule has 0 spiro atoms. The van der Waals surface area contributed by atoms with Crippen molar-refractivity contribution in [1.82, 2.24) is 9.97 Å². The number of hydrazone groups is 1. The first-order valence-electron chi connectivity index (χ1n) is 6.23. The first-order valence-corrected chi connectivity index (χ1v) is 6.23. The van der Waals surface area contributed by atoms with Crippen LogP contribution in [-0.4, -0.2) is 15.7 Å². The Morgan fingerprint density at radius 3 is 2.65 bits per heavy atom. The SMILES string of the molecule is CC(=NNc1nc2ccccc2[nH]1)c1ccc(F)cc1. The second-order valence-corrected chi connectivity index (χ2v) is 4.42. The molecule has 0 radical (unpaired) electrons. The molecule has 4 nitrogen and oxygen atoms in total. The molecule has 0 bridgehead atoms. The van der Waals surface area contributed by atoms with Crippen LogP contribution in [0.1, 0.15) is 12.5 Å². The Labute approximate surface area is 115 Å². The average Bonchev–Trinajstić information content (AvgIpc) is 2.88. The van der Waals surface area contributed by atoms with Crippen LogP contribution in [0.4, 0.5) is 10.3 Å². The summed E-state index contributed by atoms with van der Waals surface area (Å²) in [6.07, 6.45) is 0. The number of halogens is 1. The molecule has 0 unspecified atom stereocenters. The highest BCUT2D eigenvalue weighted by molar-refractivity contribution is 5.99. The molecule has 0 aliphatic rings. The van der Waals surface area contributed by atoms with Crippen LogP contribution < -0.4 is 5.43 Å². The van der Waals surface area contributed by atoms with Crippen molar-refractivity contribution in [3.63, 3.8) is 0 Å². The number of nitrogens with one attached hydrogen (secondary N) is 2. The van der Waals surface area contributed by atoms with Crippen molar-refractivity contribution >= 4 is 22.7 Å². The molecular weight excluding hydrogens is 255 g/mol. The van der Waals surface area contributed by atoms with E-state index in [4.69, 9.17) is 0 Å². The molecule has 0 fully saturated rings. The maximum atomic E-state index is 12.8. The van der Waals surface area contributed by atoms with Crippen LogP contribution >= 0.6 is 0 Å². The molecule has 2 N–H and O–H groups in total. The lowest BCUT2D eigenvalue weighted by Gasteiger charge is -2.01. The third kappa shape index (κ3) is 2.51. The Morgan fingerprint density at radius 2 is 1.90 bits per heavy atom. The first kappa shape index (κ1) is 12.3. The zero-order valence-corrected chi connectivity index (χ0v) is 10.9. The van der Waals surface area contributed by atoms with Gasteiger partial charge in [0.2, 0.25) is 5.95 Å². The van der Waals surface area contributed by atoms with Crippen LogP contribution in [0, 0.1) is 5.82 Å². The first-order chi connectivity index (χ1) is 9.72. The second kappa shape index (κ2) is 5.13. The molecule has 0 amide bonds. The van der Waals surface area contributed by atoms with Crippen molar-refractivity contribution in [2.45, 2.75) is 6.92 Å². The van der Waals surface area contributed by atoms with E-state index in [-0.39, 0.29) is 5.82 Å². The van der Waals surface area contributed by atoms with E-state index >= 15 is 0 Å². The standard InChI is InChI=1S/C15H13FN4/c1-10(11-6-8-12(16)9-7-11)19-20-15-17-13-4-2-3-5-14(13)18-15/h2-9H,1H3,(H2,17,18,20). The summed E-state index contributed by atoms with van der Waals surface area (Å²) in [5, 5.41) is 4.24. The fraction of sp³-hybridized carbons (Fsp3) is 0.0667. The van der Waals surface area contributed by atoms with Gasteiger partial charge in [-0.2, -0.15) is 5.10 Å². The molecule has 0 atom stereocenters. The molecular formula is C15H13FN4. The van der Waals surface area contributed by atoms with E-state index in [1.165, 1.54) is 12.1 Å². The van der Waals surface area contributed by atoms with Gasteiger partial charge in [0.15, 0.2) is 0 Å². The Balaban J connectivity index is 1.80. The fourth-order valence-electron chi connectivity index (χ4n) is 1.90. The quantitative estimate of drug-likeness (QED) is 0.564. The number of hydrogen-bond donors (Lipinski definition) is 2. The molecule has 20 heavy (non-hydrogen) atoms. The second-order valence-electron chi connectivity index (χ2n) is 4.42. The van der Waals surface area contributed by atoms with Gasteiger partial charge in [0, 0.05) is 0 Å². The largest absolute Gasteiger partial charge is 0.323 e. The number of hydrogen-bond acceptors (Lipinski definition) is 3. The molecule has 1 aromatic heterocycles. The molecule has 100 valence electrons. The molecule has 3 rings (SSSR count). The van der Waals surface area contributed by atoms with E-state index < -0.39 is 0 Å². The smallest absolute Gasteiger partial charge is 0.222 e. The number of aromatic amines is 1. The monoisotopic (exact) mass is 268 g/mol. The molecule has 0 aliphatic heterocycles. The van der Waals surface area contributed by atoms with Gasteiger partial charge >= 0.3 is 0 Å². The van der Waals surface area contributed by atoms with Crippen LogP contribution in [-0.2, 0) is 0 Å². The van der Waals surface area contributed by atoms with Crippen LogP contribution in [0.2, 0.25) is 0 Å². The van der Waals surface area contributed by atoms with Crippen LogP contribution in [0.5, 0.6) is 0 Å². The van der Waals surface area contributed by atoms with Gasteiger partial charge in [0.25, 0.3) is 0 Å². The van der Waals surface area contributed by atoms with Gasteiger partial charge in [-0.05, 0) is 36.8 Å². The van der Waals surface area contributed by atoms with Crippen molar-refractivity contribution in [2.24, 2.45) is 5.10 Å². The number of fused-ring (bicyclic) bond motifs is 1. The third-order valence-corrected chi connectivity index (χ3v) is 2.98. The molecule has 3 aromatic rings. The highest BCUT2D eigenvalue weighted by Gasteiger charge is 2.01. The molecule has 2 aromatic carbocycles. The van der Waals surface area contributed by atoms with E-state index in [0.717, 1.165) is 22.3 Å². The Morgan fingerprint density at radius 1 is 1.15 bits per heavy atom. The molecule has 0 aliphatic carbocycles. The van der Waals surface area contributed by atoms with Gasteiger partial charge in [0.05, 0.1) is 16.7 Å². The van der Waals surface area contributed by atoms with Crippen molar-refractivity contribution in [3.8, 4) is 0 Å². The van der Waals surface area contributed by atoms with Crippen LogP contribution in [0.3, 0.4) is 0 Å². The summed E-state index contributed by atoms with van der Waals surface area (Å²) in [5.41, 5.74) is 6.31. The molecule has 0 saturated heterocycles. The predicted octanol–water partition coefficient (Wildman–Crippen LogP) is 3.54. The summed E-state index contributed by atoms with van der Waals surface area (Å²) in [6.45, 7) is 1.85. The summed E-state index contributed by atoms with van der Waals surface area (Å²) < 4.78 is 12.8. The van der Waals surface area contributed by atoms with Crippen molar-refractivity contribution in [2.75, 3.05) is 5.43 Å². The highest BCUT2D eigenvalue weighted by Crippen LogP contribution is 2.13. The van der Waals surface area contributed by atoms with Crippen LogP contribution in [0.25, 0.3) is 11.0 Å². The lowest BCUT2D eigenvalue weighted by Crippen LogP contribution is -2.00. The molecule has 1 heterocycles. The van der Waals surface area contributed by atoms with E-state index in [1.807, 2.05) is 31.2 Å². The minimum Gasteiger partial charge on any atom is -0.323 e.